The van der Waals surface area contributed by atoms with E-state index in [0.717, 1.165) is 122 Å². The van der Waals surface area contributed by atoms with Crippen LogP contribution in [0.15, 0.2) is 73.1 Å². The molecule has 8 amide bonds. The molecule has 2 aromatic heterocycles. The van der Waals surface area contributed by atoms with Gasteiger partial charge in [0, 0.05) is 99.6 Å². The van der Waals surface area contributed by atoms with Gasteiger partial charge in [0.1, 0.15) is 6.04 Å². The van der Waals surface area contributed by atoms with Crippen LogP contribution in [0.25, 0.3) is 21.5 Å². The van der Waals surface area contributed by atoms with E-state index < -0.39 is 11.9 Å². The molecule has 4 saturated heterocycles. The van der Waals surface area contributed by atoms with Crippen LogP contribution in [-0.4, -0.2) is 114 Å². The van der Waals surface area contributed by atoms with Crippen LogP contribution in [-0.2, 0) is 28.8 Å². The molecule has 4 aromatic carbocycles. The lowest BCUT2D eigenvalue weighted by Crippen LogP contribution is -2.53. The first-order valence-corrected chi connectivity index (χ1v) is 30.2. The number of halogens is 3. The number of benzene rings is 4. The second-order valence-electron chi connectivity index (χ2n) is 23.5. The SMILES string of the molecule is CC1(C(=O)N2CCC(n3cc(Nc4ccc5c6c(cccc46)C(=O)N5)c(Cl)n3)CC2)CCC1.CC1(C(=O)N2CCC(n3cc(Nc4ccc5c6c(cccc46)C(=O)N5C4CCC(=O)NC4=O)c(Cl)n3)CC2)CCC1.O=C1CCC(Br)C(=O)N1. The number of piperidine rings is 4. The van der Waals surface area contributed by atoms with Crippen molar-refractivity contribution in [2.75, 3.05) is 47.0 Å². The fraction of sp³-hybridized carbons (Fsp3) is 0.433. The Balaban J connectivity index is 0.000000145. The third-order valence-corrected chi connectivity index (χ3v) is 19.5. The predicted octanol–water partition coefficient (Wildman–Crippen LogP) is 10.1. The molecule has 83 heavy (non-hydrogen) atoms. The van der Waals surface area contributed by atoms with Gasteiger partial charge in [-0.3, -0.25) is 63.3 Å². The maximum atomic E-state index is 13.4. The number of nitrogens with zero attached hydrogens (tertiary/aromatic N) is 7. The van der Waals surface area contributed by atoms with Crippen LogP contribution in [0.5, 0.6) is 0 Å². The minimum absolute atomic E-state index is 0.0743. The van der Waals surface area contributed by atoms with Gasteiger partial charge in [0.05, 0.1) is 46.4 Å². The molecule has 432 valence electrons. The van der Waals surface area contributed by atoms with Crippen molar-refractivity contribution in [1.82, 2.24) is 40.0 Å². The largest absolute Gasteiger partial charge is 0.351 e. The number of aromatic nitrogens is 4. The van der Waals surface area contributed by atoms with Crippen LogP contribution in [0, 0.1) is 10.8 Å². The van der Waals surface area contributed by atoms with Crippen molar-refractivity contribution >= 4 is 142 Å². The van der Waals surface area contributed by atoms with Crippen molar-refractivity contribution in [3.05, 3.63) is 94.5 Å². The van der Waals surface area contributed by atoms with Crippen LogP contribution < -0.4 is 31.5 Å². The van der Waals surface area contributed by atoms with Crippen LogP contribution in [0.1, 0.15) is 137 Å². The summed E-state index contributed by atoms with van der Waals surface area (Å²) in [7, 11) is 0. The number of likely N-dealkylation sites (tertiary alicyclic amines) is 2. The fourth-order valence-electron chi connectivity index (χ4n) is 12.9. The van der Waals surface area contributed by atoms with Crippen LogP contribution in [0.3, 0.4) is 0 Å². The van der Waals surface area contributed by atoms with Gasteiger partial charge < -0.3 is 25.8 Å². The van der Waals surface area contributed by atoms with E-state index >= 15 is 0 Å². The molecule has 6 aliphatic heterocycles. The summed E-state index contributed by atoms with van der Waals surface area (Å²) in [5, 5.41) is 27.7. The van der Waals surface area contributed by atoms with E-state index in [1.54, 1.807) is 6.07 Å². The van der Waals surface area contributed by atoms with Gasteiger partial charge in [0.15, 0.2) is 10.3 Å². The molecule has 2 atom stereocenters. The number of hydrogen-bond acceptors (Lipinski definition) is 12. The van der Waals surface area contributed by atoms with Gasteiger partial charge in [0.2, 0.25) is 35.4 Å². The zero-order valence-corrected chi connectivity index (χ0v) is 49.1. The normalized spacial score (nSPS) is 21.7. The summed E-state index contributed by atoms with van der Waals surface area (Å²) >= 11 is 16.2. The number of alkyl halides is 1. The number of rotatable bonds is 9. The maximum Gasteiger partial charge on any atom is 0.259 e. The van der Waals surface area contributed by atoms with E-state index in [1.165, 1.54) is 4.90 Å². The molecular weight excluding hydrogens is 1170 g/mol. The number of amides is 8. The minimum Gasteiger partial charge on any atom is -0.351 e. The van der Waals surface area contributed by atoms with Gasteiger partial charge >= 0.3 is 0 Å². The van der Waals surface area contributed by atoms with E-state index in [2.05, 4.69) is 66.6 Å². The lowest BCUT2D eigenvalue weighted by Gasteiger charge is -2.43. The van der Waals surface area contributed by atoms with E-state index in [-0.39, 0.29) is 76.0 Å². The highest BCUT2D eigenvalue weighted by Crippen LogP contribution is 2.47. The Morgan fingerprint density at radius 1 is 0.590 bits per heavy atom. The second-order valence-corrected chi connectivity index (χ2v) is 25.3. The zero-order chi connectivity index (χ0) is 58.1. The standard InChI is InChI=1S/C30H31ClN6O4.C25H26ClN5O2.C5H6BrNO2/c1-30(12-3-13-30)29(41)35-14-10-17(11-15-35)36-16-21(26(31)34-36)32-20-6-7-22-25-18(20)4-2-5-19(25)28(40)37(22)23-8-9-24(38)33-27(23)39;1-25(10-3-11-25)24(33)30-12-8-15(9-13-30)31-14-20(22(26)29-31)27-18-6-7-19-21-16(18)4-2-5-17(21)23(32)28-19;6-3-1-2-4(8)7-5(3)9/h2,4-7,16-17,23,32H,3,8-15H2,1H3,(H,33,38,39);2,4-7,14-15,27H,3,8-13H2,1H3,(H,28,32);3H,1-2H2,(H,7,8,9). The maximum absolute atomic E-state index is 13.4. The minimum atomic E-state index is -0.736. The first-order chi connectivity index (χ1) is 39.9. The quantitative estimate of drug-likeness (QED) is 0.0671. The highest BCUT2D eigenvalue weighted by molar-refractivity contribution is 9.10. The summed E-state index contributed by atoms with van der Waals surface area (Å²) in [6.07, 6.45) is 15.0. The van der Waals surface area contributed by atoms with E-state index in [1.807, 2.05) is 86.2 Å². The van der Waals surface area contributed by atoms with Crippen molar-refractivity contribution < 1.29 is 38.4 Å². The summed E-state index contributed by atoms with van der Waals surface area (Å²) in [4.78, 5) is 102. The first-order valence-electron chi connectivity index (χ1n) is 28.6. The van der Waals surface area contributed by atoms with E-state index in [9.17, 15) is 38.4 Å². The van der Waals surface area contributed by atoms with Gasteiger partial charge in [-0.1, -0.05) is 90.1 Å². The van der Waals surface area contributed by atoms with Crippen LogP contribution in [0.4, 0.5) is 34.1 Å². The molecular formula is C60H63BrCl2N12O8. The Bertz CT molecular complexity index is 3690. The average Bonchev–Trinajstić information content (AvgIpc) is 4.32. The summed E-state index contributed by atoms with van der Waals surface area (Å²) in [5.41, 5.74) is 5.39. The molecule has 0 radical (unpaired) electrons. The van der Waals surface area contributed by atoms with Crippen molar-refractivity contribution in [2.45, 2.75) is 127 Å². The number of carbonyl (C=O) groups is 8. The van der Waals surface area contributed by atoms with Crippen LogP contribution >= 0.6 is 39.1 Å². The zero-order valence-electron chi connectivity index (χ0n) is 46.0. The summed E-state index contributed by atoms with van der Waals surface area (Å²) in [5.74, 6) is -0.891. The van der Waals surface area contributed by atoms with Crippen molar-refractivity contribution in [3.63, 3.8) is 0 Å². The molecule has 20 nitrogen and oxygen atoms in total. The Morgan fingerprint density at radius 2 is 1.08 bits per heavy atom. The van der Waals surface area contributed by atoms with Gasteiger partial charge in [-0.25, -0.2) is 0 Å². The number of imide groups is 2. The van der Waals surface area contributed by atoms with Crippen molar-refractivity contribution in [1.29, 1.82) is 0 Å². The predicted molar refractivity (Wildman–Crippen MR) is 319 cm³/mol. The average molecular weight is 1230 g/mol. The number of hydrogen-bond donors (Lipinski definition) is 5. The number of nitrogens with one attached hydrogen (secondary N) is 5. The molecule has 6 aromatic rings. The lowest BCUT2D eigenvalue weighted by atomic mass is 9.69. The number of anilines is 6. The lowest BCUT2D eigenvalue weighted by molar-refractivity contribution is -0.148. The van der Waals surface area contributed by atoms with E-state index in [0.29, 0.717) is 64.6 Å². The Morgan fingerprint density at radius 3 is 1.58 bits per heavy atom. The molecule has 23 heteroatoms. The summed E-state index contributed by atoms with van der Waals surface area (Å²) in [6.45, 7) is 7.13. The molecule has 0 spiro atoms. The third-order valence-electron chi connectivity index (χ3n) is 18.1. The highest BCUT2D eigenvalue weighted by Gasteiger charge is 2.45. The van der Waals surface area contributed by atoms with Gasteiger partial charge in [-0.2, -0.15) is 10.2 Å². The molecule has 0 bridgehead atoms. The Kier molecular flexibility index (Phi) is 15.1. The third kappa shape index (κ3) is 10.6. The van der Waals surface area contributed by atoms with E-state index in [4.69, 9.17) is 23.2 Å². The van der Waals surface area contributed by atoms with Crippen molar-refractivity contribution in [2.24, 2.45) is 10.8 Å². The molecule has 14 rings (SSSR count). The molecule has 2 aliphatic carbocycles. The van der Waals surface area contributed by atoms with Crippen molar-refractivity contribution in [3.8, 4) is 0 Å². The highest BCUT2D eigenvalue weighted by atomic mass is 79.9. The molecule has 5 N–H and O–H groups in total. The topological polar surface area (TPSA) is 242 Å². The fourth-order valence-corrected chi connectivity index (χ4v) is 13.6. The Hall–Kier alpha value is -7.36. The van der Waals surface area contributed by atoms with Crippen LogP contribution in [0.2, 0.25) is 10.3 Å². The van der Waals surface area contributed by atoms with Gasteiger partial charge in [-0.05, 0) is 101 Å². The first kappa shape index (κ1) is 56.1. The number of carbonyl (C=O) groups excluding carboxylic acids is 8. The summed E-state index contributed by atoms with van der Waals surface area (Å²) < 4.78 is 3.83. The monoisotopic (exact) mass is 1230 g/mol. The van der Waals surface area contributed by atoms with Gasteiger partial charge in [0.25, 0.3) is 11.8 Å². The Labute approximate surface area is 496 Å². The molecule has 8 aliphatic rings. The van der Waals surface area contributed by atoms with Gasteiger partial charge in [-0.15, -0.1) is 0 Å². The summed E-state index contributed by atoms with van der Waals surface area (Å²) in [6, 6.07) is 18.4. The molecule has 8 heterocycles. The second kappa shape index (κ2) is 22.3. The smallest absolute Gasteiger partial charge is 0.259 e. The molecule has 2 unspecified atom stereocenters. The molecule has 6 fully saturated rings. The molecule has 2 saturated carbocycles.